The van der Waals surface area contributed by atoms with Crippen LogP contribution >= 0.6 is 0 Å². The third kappa shape index (κ3) is 3.82. The van der Waals surface area contributed by atoms with Gasteiger partial charge in [0.2, 0.25) is 6.29 Å². The maximum absolute atomic E-state index is 14.3. The van der Waals surface area contributed by atoms with E-state index in [9.17, 15) is 24.6 Å². The minimum absolute atomic E-state index is 0.0328. The van der Waals surface area contributed by atoms with Gasteiger partial charge in [-0.1, -0.05) is 33.8 Å². The number of carbonyl (C=O) groups excluding carboxylic acids is 3. The highest BCUT2D eigenvalue weighted by molar-refractivity contribution is 5.88. The van der Waals surface area contributed by atoms with E-state index in [1.54, 1.807) is 32.9 Å². The van der Waals surface area contributed by atoms with Gasteiger partial charge in [-0.3, -0.25) is 4.79 Å². The zero-order chi connectivity index (χ0) is 37.8. The van der Waals surface area contributed by atoms with Crippen LogP contribution in [0.2, 0.25) is 0 Å². The molecular weight excluding hydrogens is 680 g/mol. The molecular formula is C38H52O14. The van der Waals surface area contributed by atoms with E-state index in [4.69, 9.17) is 42.6 Å². The van der Waals surface area contributed by atoms with E-state index < -0.39 is 111 Å². The molecule has 4 saturated heterocycles. The number of aliphatic hydroxyl groups is 2. The molecule has 0 aromatic rings. The van der Waals surface area contributed by atoms with Crippen molar-refractivity contribution < 1.29 is 67.2 Å². The van der Waals surface area contributed by atoms with Crippen molar-refractivity contribution in [3.8, 4) is 0 Å². The summed E-state index contributed by atoms with van der Waals surface area (Å²) in [5, 5.41) is 26.2. The van der Waals surface area contributed by atoms with Crippen molar-refractivity contribution in [2.45, 2.75) is 128 Å². The van der Waals surface area contributed by atoms with Crippen LogP contribution in [0.5, 0.6) is 0 Å². The molecule has 288 valence electrons. The maximum atomic E-state index is 14.3. The Hall–Kier alpha value is -2.59. The Labute approximate surface area is 303 Å². The first kappa shape index (κ1) is 36.4. The minimum atomic E-state index is -2.13. The van der Waals surface area contributed by atoms with Crippen molar-refractivity contribution in [3.63, 3.8) is 0 Å². The molecule has 3 saturated carbocycles. The largest absolute Gasteiger partial charge is 0.466 e. The standard InChI is InChI=1S/C38H52O14/c1-11-18(4)28(40)50-23-13-22(48-19(5)39)32(6)15-46-25-26(32)35(23)16-47-37(45-10,30(41)44-9)29(35)33(7)27(25)52-34(8)21-12-24(38(33,34)43)51-31-36(21,42)14-20(49-31)17(2)3/h11,14,17,21-27,29,31,42-43H,12-13,15-16H2,1-10H3. The van der Waals surface area contributed by atoms with Crippen molar-refractivity contribution in [2.75, 3.05) is 27.4 Å². The van der Waals surface area contributed by atoms with Gasteiger partial charge in [0.25, 0.3) is 5.79 Å². The van der Waals surface area contributed by atoms with Crippen LogP contribution in [0.4, 0.5) is 0 Å². The van der Waals surface area contributed by atoms with Crippen LogP contribution in [-0.4, -0.2) is 115 Å². The second-order valence-corrected chi connectivity index (χ2v) is 17.3. The summed E-state index contributed by atoms with van der Waals surface area (Å²) >= 11 is 0. The van der Waals surface area contributed by atoms with Crippen LogP contribution in [0, 0.1) is 39.9 Å². The van der Waals surface area contributed by atoms with Crippen molar-refractivity contribution in [1.82, 2.24) is 0 Å². The molecule has 0 amide bonds. The SMILES string of the molecule is CC=C(C)C(=O)OC1CC(OC(C)=O)C2(C)COC3C2C12COC(OC)(C(=O)OC)C2C1(C)C3OC2(C)C3CC(OC4OC(C(C)C)=CC43O)C21O. The van der Waals surface area contributed by atoms with Gasteiger partial charge in [0, 0.05) is 65.9 Å². The highest BCUT2D eigenvalue weighted by atomic mass is 16.7. The summed E-state index contributed by atoms with van der Waals surface area (Å²) in [6.07, 6.45) is -1.94. The zero-order valence-corrected chi connectivity index (χ0v) is 31.6. The van der Waals surface area contributed by atoms with E-state index in [0.717, 1.165) is 0 Å². The number of esters is 3. The predicted octanol–water partition coefficient (Wildman–Crippen LogP) is 2.32. The van der Waals surface area contributed by atoms with E-state index >= 15 is 0 Å². The molecule has 16 atom stereocenters. The molecule has 5 aliphatic heterocycles. The van der Waals surface area contributed by atoms with Gasteiger partial charge in [0.15, 0.2) is 5.60 Å². The predicted molar refractivity (Wildman–Crippen MR) is 177 cm³/mol. The zero-order valence-electron chi connectivity index (χ0n) is 31.6. The number of hydrogen-bond acceptors (Lipinski definition) is 14. The Kier molecular flexibility index (Phi) is 7.71. The molecule has 16 unspecified atom stereocenters. The molecule has 52 heavy (non-hydrogen) atoms. The number of carbonyl (C=O) groups is 3. The number of methoxy groups -OCH3 is 2. The van der Waals surface area contributed by atoms with Gasteiger partial charge in [-0.25, -0.2) is 9.59 Å². The smallest absolute Gasteiger partial charge is 0.366 e. The summed E-state index contributed by atoms with van der Waals surface area (Å²) in [6, 6.07) is 0. The highest BCUT2D eigenvalue weighted by Crippen LogP contribution is 2.81. The molecule has 5 heterocycles. The second kappa shape index (κ2) is 11.0. The first-order valence-electron chi connectivity index (χ1n) is 18.4. The summed E-state index contributed by atoms with van der Waals surface area (Å²) < 4.78 is 57.5. The van der Waals surface area contributed by atoms with E-state index in [1.165, 1.54) is 21.1 Å². The van der Waals surface area contributed by atoms with Gasteiger partial charge in [0.1, 0.15) is 29.2 Å². The summed E-state index contributed by atoms with van der Waals surface area (Å²) in [5.41, 5.74) is -8.40. The first-order valence-corrected chi connectivity index (χ1v) is 18.4. The van der Waals surface area contributed by atoms with E-state index in [-0.39, 0.29) is 32.0 Å². The third-order valence-electron chi connectivity index (χ3n) is 14.9. The van der Waals surface area contributed by atoms with Crippen molar-refractivity contribution >= 4 is 17.9 Å². The third-order valence-corrected chi connectivity index (χ3v) is 14.9. The molecule has 2 bridgehead atoms. The molecule has 3 aliphatic carbocycles. The van der Waals surface area contributed by atoms with Gasteiger partial charge in [-0.05, 0) is 33.3 Å². The normalized spacial score (nSPS) is 53.6. The average Bonchev–Trinajstić information content (AvgIpc) is 3.84. The van der Waals surface area contributed by atoms with Crippen LogP contribution in [0.1, 0.15) is 68.2 Å². The van der Waals surface area contributed by atoms with E-state index in [0.29, 0.717) is 11.3 Å². The van der Waals surface area contributed by atoms with Crippen LogP contribution in [0.3, 0.4) is 0 Å². The molecule has 1 spiro atoms. The van der Waals surface area contributed by atoms with Gasteiger partial charge in [-0.2, -0.15) is 0 Å². The molecule has 8 rings (SSSR count). The lowest BCUT2D eigenvalue weighted by Crippen LogP contribution is -2.78. The summed E-state index contributed by atoms with van der Waals surface area (Å²) in [6.45, 7) is 14.2. The highest BCUT2D eigenvalue weighted by Gasteiger charge is 2.94. The number of rotatable bonds is 6. The first-order chi connectivity index (χ1) is 24.3. The maximum Gasteiger partial charge on any atom is 0.366 e. The monoisotopic (exact) mass is 732 g/mol. The quantitative estimate of drug-likeness (QED) is 0.231. The Morgan fingerprint density at radius 2 is 1.73 bits per heavy atom. The summed E-state index contributed by atoms with van der Waals surface area (Å²) in [4.78, 5) is 40.7. The van der Waals surface area contributed by atoms with Gasteiger partial charge < -0.3 is 52.8 Å². The minimum Gasteiger partial charge on any atom is -0.466 e. The second-order valence-electron chi connectivity index (χ2n) is 17.3. The number of hydrogen-bond donors (Lipinski definition) is 2. The summed E-state index contributed by atoms with van der Waals surface area (Å²) in [7, 11) is 2.58. The van der Waals surface area contributed by atoms with Crippen LogP contribution < -0.4 is 0 Å². The molecule has 0 aromatic heterocycles. The van der Waals surface area contributed by atoms with Crippen molar-refractivity contribution in [1.29, 1.82) is 0 Å². The topological polar surface area (TPSA) is 175 Å². The fourth-order valence-corrected chi connectivity index (χ4v) is 12.7. The molecule has 8 aliphatic rings. The Morgan fingerprint density at radius 1 is 1.02 bits per heavy atom. The molecule has 2 N–H and O–H groups in total. The average molecular weight is 733 g/mol. The lowest BCUT2D eigenvalue weighted by Gasteiger charge is -2.66. The van der Waals surface area contributed by atoms with Gasteiger partial charge in [0.05, 0.1) is 38.6 Å². The molecule has 14 nitrogen and oxygen atoms in total. The van der Waals surface area contributed by atoms with Gasteiger partial charge in [-0.15, -0.1) is 0 Å². The van der Waals surface area contributed by atoms with E-state index in [2.05, 4.69) is 0 Å². The van der Waals surface area contributed by atoms with Crippen LogP contribution in [0.15, 0.2) is 23.5 Å². The molecule has 14 heteroatoms. The molecule has 7 fully saturated rings. The lowest BCUT2D eigenvalue weighted by atomic mass is 9.37. The molecule has 0 radical (unpaired) electrons. The summed E-state index contributed by atoms with van der Waals surface area (Å²) in [5.74, 6) is -5.95. The number of fused-ring (bicyclic) bond motifs is 11. The van der Waals surface area contributed by atoms with E-state index in [1.807, 2.05) is 27.7 Å². The Morgan fingerprint density at radius 3 is 2.35 bits per heavy atom. The lowest BCUT2D eigenvalue weighted by molar-refractivity contribution is -0.319. The molecule has 0 aromatic carbocycles. The fourth-order valence-electron chi connectivity index (χ4n) is 12.7. The van der Waals surface area contributed by atoms with Crippen molar-refractivity contribution in [2.24, 2.45) is 39.9 Å². The number of allylic oxidation sites excluding steroid dienone is 2. The Balaban J connectivity index is 1.39. The Bertz CT molecular complexity index is 1660. The number of ether oxygens (including phenoxy) is 9. The fraction of sp³-hybridized carbons (Fsp3) is 0.816. The van der Waals surface area contributed by atoms with Crippen molar-refractivity contribution in [3.05, 3.63) is 23.5 Å². The van der Waals surface area contributed by atoms with Crippen LogP contribution in [0.25, 0.3) is 0 Å². The van der Waals surface area contributed by atoms with Crippen LogP contribution in [-0.2, 0) is 57.0 Å². The van der Waals surface area contributed by atoms with Gasteiger partial charge >= 0.3 is 17.9 Å².